The van der Waals surface area contributed by atoms with E-state index in [1.165, 1.54) is 11.3 Å². The van der Waals surface area contributed by atoms with E-state index >= 15 is 0 Å². The van der Waals surface area contributed by atoms with Gasteiger partial charge in [0.05, 0.1) is 22.4 Å². The number of benzene rings is 1. The molecule has 0 spiro atoms. The Morgan fingerprint density at radius 3 is 2.64 bits per heavy atom. The van der Waals surface area contributed by atoms with Crippen molar-refractivity contribution in [2.75, 3.05) is 11.9 Å². The molecule has 0 aliphatic carbocycles. The Kier molecular flexibility index (Phi) is 5.49. The summed E-state index contributed by atoms with van der Waals surface area (Å²) in [6.45, 7) is 6.11. The molecular formula is C16H20N2O3S. The standard InChI is InChI=1S/C16H20N2O3S/c1-4-10(5-2)14(19)18-16-17-12-8-7-11(9-13(12)22-16)15(20)21-6-3/h7-10H,4-6H2,1-3H3,(H,17,18,19). The van der Waals surface area contributed by atoms with E-state index < -0.39 is 0 Å². The second-order valence-electron chi connectivity index (χ2n) is 4.92. The van der Waals surface area contributed by atoms with Crippen molar-refractivity contribution in [3.63, 3.8) is 0 Å². The Morgan fingerprint density at radius 2 is 2.00 bits per heavy atom. The molecule has 2 aromatic rings. The molecular weight excluding hydrogens is 300 g/mol. The molecule has 0 unspecified atom stereocenters. The lowest BCUT2D eigenvalue weighted by Gasteiger charge is -2.10. The van der Waals surface area contributed by atoms with Gasteiger partial charge in [0.1, 0.15) is 0 Å². The van der Waals surface area contributed by atoms with Gasteiger partial charge in [-0.25, -0.2) is 9.78 Å². The third kappa shape index (κ3) is 3.62. The lowest BCUT2D eigenvalue weighted by atomic mass is 10.0. The van der Waals surface area contributed by atoms with Gasteiger partial charge in [-0.2, -0.15) is 0 Å². The minimum Gasteiger partial charge on any atom is -0.462 e. The predicted molar refractivity (Wildman–Crippen MR) is 88.3 cm³/mol. The van der Waals surface area contributed by atoms with Crippen LogP contribution in [0.5, 0.6) is 0 Å². The van der Waals surface area contributed by atoms with Crippen molar-refractivity contribution < 1.29 is 14.3 Å². The van der Waals surface area contributed by atoms with E-state index in [0.29, 0.717) is 17.3 Å². The van der Waals surface area contributed by atoms with Crippen molar-refractivity contribution in [3.8, 4) is 0 Å². The first kappa shape index (κ1) is 16.4. The van der Waals surface area contributed by atoms with Gasteiger partial charge in [0.25, 0.3) is 0 Å². The van der Waals surface area contributed by atoms with Crippen LogP contribution in [-0.4, -0.2) is 23.5 Å². The normalized spacial score (nSPS) is 10.9. The quantitative estimate of drug-likeness (QED) is 0.821. The summed E-state index contributed by atoms with van der Waals surface area (Å²) in [7, 11) is 0. The maximum Gasteiger partial charge on any atom is 0.338 e. The van der Waals surface area contributed by atoms with Gasteiger partial charge >= 0.3 is 5.97 Å². The number of nitrogens with zero attached hydrogens (tertiary/aromatic N) is 1. The number of ether oxygens (including phenoxy) is 1. The highest BCUT2D eigenvalue weighted by atomic mass is 32.1. The molecule has 1 heterocycles. The molecule has 1 amide bonds. The summed E-state index contributed by atoms with van der Waals surface area (Å²) < 4.78 is 5.84. The van der Waals surface area contributed by atoms with Crippen LogP contribution in [0.15, 0.2) is 18.2 Å². The lowest BCUT2D eigenvalue weighted by Crippen LogP contribution is -2.21. The average Bonchev–Trinajstić information content (AvgIpc) is 2.89. The summed E-state index contributed by atoms with van der Waals surface area (Å²) in [5.74, 6) is -0.350. The van der Waals surface area contributed by atoms with Gasteiger partial charge < -0.3 is 10.1 Å². The molecule has 1 aromatic heterocycles. The molecule has 0 aliphatic heterocycles. The zero-order valence-corrected chi connectivity index (χ0v) is 13.8. The number of aromatic nitrogens is 1. The molecule has 118 valence electrons. The van der Waals surface area contributed by atoms with Gasteiger partial charge in [-0.3, -0.25) is 4.79 Å². The molecule has 0 bridgehead atoms. The van der Waals surface area contributed by atoms with E-state index in [4.69, 9.17) is 4.74 Å². The molecule has 2 rings (SSSR count). The topological polar surface area (TPSA) is 68.3 Å². The molecule has 0 saturated carbocycles. The van der Waals surface area contributed by atoms with E-state index in [-0.39, 0.29) is 17.8 Å². The van der Waals surface area contributed by atoms with E-state index in [2.05, 4.69) is 10.3 Å². The molecule has 6 heteroatoms. The van der Waals surface area contributed by atoms with Gasteiger partial charge in [0.15, 0.2) is 5.13 Å². The van der Waals surface area contributed by atoms with Crippen molar-refractivity contribution in [1.29, 1.82) is 0 Å². The van der Waals surface area contributed by atoms with Crippen molar-refractivity contribution in [2.45, 2.75) is 33.6 Å². The number of fused-ring (bicyclic) bond motifs is 1. The molecule has 0 atom stereocenters. The van der Waals surface area contributed by atoms with E-state index in [9.17, 15) is 9.59 Å². The Hall–Kier alpha value is -1.95. The monoisotopic (exact) mass is 320 g/mol. The Balaban J connectivity index is 2.20. The zero-order valence-electron chi connectivity index (χ0n) is 13.0. The van der Waals surface area contributed by atoms with Crippen molar-refractivity contribution in [1.82, 2.24) is 4.98 Å². The van der Waals surface area contributed by atoms with E-state index in [1.807, 2.05) is 13.8 Å². The molecule has 0 radical (unpaired) electrons. The smallest absolute Gasteiger partial charge is 0.338 e. The fraction of sp³-hybridized carbons (Fsp3) is 0.438. The maximum atomic E-state index is 12.1. The summed E-state index contributed by atoms with van der Waals surface area (Å²) in [6.07, 6.45) is 1.61. The molecule has 0 aliphatic rings. The molecule has 0 fully saturated rings. The van der Waals surface area contributed by atoms with Crippen LogP contribution in [-0.2, 0) is 9.53 Å². The average molecular weight is 320 g/mol. The van der Waals surface area contributed by atoms with Gasteiger partial charge in [-0.15, -0.1) is 0 Å². The highest BCUT2D eigenvalue weighted by molar-refractivity contribution is 7.22. The van der Waals surface area contributed by atoms with Crippen LogP contribution in [0.1, 0.15) is 44.0 Å². The first-order chi connectivity index (χ1) is 10.6. The summed E-state index contributed by atoms with van der Waals surface area (Å²) in [5, 5.41) is 3.42. The van der Waals surface area contributed by atoms with Crippen molar-refractivity contribution in [3.05, 3.63) is 23.8 Å². The van der Waals surface area contributed by atoms with Gasteiger partial charge in [-0.1, -0.05) is 25.2 Å². The maximum absolute atomic E-state index is 12.1. The number of nitrogens with one attached hydrogen (secondary N) is 1. The van der Waals surface area contributed by atoms with Crippen LogP contribution in [0, 0.1) is 5.92 Å². The SMILES string of the molecule is CCOC(=O)c1ccc2nc(NC(=O)C(CC)CC)sc2c1. The second-order valence-corrected chi connectivity index (χ2v) is 5.96. The Labute approximate surface area is 133 Å². The van der Waals surface area contributed by atoms with Crippen LogP contribution < -0.4 is 5.32 Å². The largest absolute Gasteiger partial charge is 0.462 e. The fourth-order valence-corrected chi connectivity index (χ4v) is 3.09. The molecule has 1 N–H and O–H groups in total. The number of esters is 1. The molecule has 0 saturated heterocycles. The summed E-state index contributed by atoms with van der Waals surface area (Å²) in [5.41, 5.74) is 1.26. The highest BCUT2D eigenvalue weighted by Gasteiger charge is 2.16. The van der Waals surface area contributed by atoms with Crippen LogP contribution in [0.3, 0.4) is 0 Å². The summed E-state index contributed by atoms with van der Waals surface area (Å²) >= 11 is 1.36. The number of carbonyl (C=O) groups is 2. The number of amides is 1. The van der Waals surface area contributed by atoms with Crippen LogP contribution >= 0.6 is 11.3 Å². The molecule has 5 nitrogen and oxygen atoms in total. The van der Waals surface area contributed by atoms with Crippen LogP contribution in [0.4, 0.5) is 5.13 Å². The number of rotatable bonds is 6. The third-order valence-corrected chi connectivity index (χ3v) is 4.42. The van der Waals surface area contributed by atoms with Gasteiger partial charge in [0.2, 0.25) is 5.91 Å². The summed E-state index contributed by atoms with van der Waals surface area (Å²) in [6, 6.07) is 5.20. The lowest BCUT2D eigenvalue weighted by molar-refractivity contribution is -0.120. The van der Waals surface area contributed by atoms with Gasteiger partial charge in [-0.05, 0) is 38.0 Å². The minimum atomic E-state index is -0.347. The van der Waals surface area contributed by atoms with Crippen LogP contribution in [0.25, 0.3) is 10.2 Å². The van der Waals surface area contributed by atoms with Crippen molar-refractivity contribution >= 4 is 38.6 Å². The first-order valence-electron chi connectivity index (χ1n) is 7.47. The van der Waals surface area contributed by atoms with E-state index in [1.54, 1.807) is 25.1 Å². The predicted octanol–water partition coefficient (Wildman–Crippen LogP) is 3.85. The Bertz CT molecular complexity index is 677. The number of thiazole rings is 1. The van der Waals surface area contributed by atoms with Gasteiger partial charge in [0, 0.05) is 5.92 Å². The number of carbonyl (C=O) groups excluding carboxylic acids is 2. The van der Waals surface area contributed by atoms with E-state index in [0.717, 1.165) is 23.1 Å². The number of hydrogen-bond donors (Lipinski definition) is 1. The number of anilines is 1. The first-order valence-corrected chi connectivity index (χ1v) is 8.29. The third-order valence-electron chi connectivity index (χ3n) is 3.49. The minimum absolute atomic E-state index is 0.00195. The fourth-order valence-electron chi connectivity index (χ4n) is 2.19. The highest BCUT2D eigenvalue weighted by Crippen LogP contribution is 2.27. The summed E-state index contributed by atoms with van der Waals surface area (Å²) in [4.78, 5) is 28.2. The molecule has 1 aromatic carbocycles. The Morgan fingerprint density at radius 1 is 1.27 bits per heavy atom. The molecule has 22 heavy (non-hydrogen) atoms. The second kappa shape index (κ2) is 7.35. The zero-order chi connectivity index (χ0) is 16.1. The van der Waals surface area contributed by atoms with Crippen molar-refractivity contribution in [2.24, 2.45) is 5.92 Å². The number of hydrogen-bond acceptors (Lipinski definition) is 5. The van der Waals surface area contributed by atoms with Crippen LogP contribution in [0.2, 0.25) is 0 Å².